The third-order valence-electron chi connectivity index (χ3n) is 12.8. The van der Waals surface area contributed by atoms with Crippen LogP contribution in [0.3, 0.4) is 0 Å². The van der Waals surface area contributed by atoms with E-state index in [1.54, 1.807) is 7.11 Å². The van der Waals surface area contributed by atoms with Crippen molar-refractivity contribution in [2.24, 2.45) is 45.3 Å². The normalized spacial score (nSPS) is 48.1. The van der Waals surface area contributed by atoms with Gasteiger partial charge in [-0.1, -0.05) is 46.8 Å². The lowest BCUT2D eigenvalue weighted by Gasteiger charge is -2.70. The molecule has 0 saturated heterocycles. The molecule has 0 unspecified atom stereocenters. The summed E-state index contributed by atoms with van der Waals surface area (Å²) in [5.74, 6) is 2.28. The van der Waals surface area contributed by atoms with Gasteiger partial charge in [-0.3, -0.25) is 0 Å². The number of ether oxygens (including phenoxy) is 1. The molecule has 3 nitrogen and oxygen atoms in total. The van der Waals surface area contributed by atoms with Gasteiger partial charge in [0.2, 0.25) is 0 Å². The van der Waals surface area contributed by atoms with Crippen LogP contribution in [0.1, 0.15) is 113 Å². The third-order valence-corrected chi connectivity index (χ3v) is 12.8. The van der Waals surface area contributed by atoms with Gasteiger partial charge < -0.3 is 14.9 Å². The van der Waals surface area contributed by atoms with E-state index in [9.17, 15) is 10.2 Å². The van der Waals surface area contributed by atoms with Crippen LogP contribution >= 0.6 is 0 Å². The Balaban J connectivity index is 1.59. The molecule has 4 aliphatic carbocycles. The summed E-state index contributed by atoms with van der Waals surface area (Å²) in [6.07, 6.45) is 14.3. The molecule has 196 valence electrons. The molecular formula is C31H54O3. The van der Waals surface area contributed by atoms with Crippen molar-refractivity contribution in [1.29, 1.82) is 0 Å². The Morgan fingerprint density at radius 2 is 1.50 bits per heavy atom. The van der Waals surface area contributed by atoms with E-state index in [1.165, 1.54) is 38.5 Å². The molecular weight excluding hydrogens is 420 g/mol. The van der Waals surface area contributed by atoms with Crippen LogP contribution < -0.4 is 0 Å². The highest BCUT2D eigenvalue weighted by atomic mass is 16.5. The number of aliphatic hydroxyl groups excluding tert-OH is 1. The molecule has 0 heterocycles. The molecule has 4 rings (SSSR count). The van der Waals surface area contributed by atoms with Crippen molar-refractivity contribution >= 4 is 0 Å². The molecule has 3 heteroatoms. The van der Waals surface area contributed by atoms with Crippen LogP contribution in [0, 0.1) is 45.3 Å². The number of aliphatic hydroxyl groups is 2. The van der Waals surface area contributed by atoms with E-state index in [2.05, 4.69) is 67.5 Å². The summed E-state index contributed by atoms with van der Waals surface area (Å²) in [6, 6.07) is 0. The van der Waals surface area contributed by atoms with Crippen LogP contribution in [0.4, 0.5) is 0 Å². The Hall–Kier alpha value is -0.380. The average molecular weight is 475 g/mol. The Morgan fingerprint density at radius 1 is 0.853 bits per heavy atom. The lowest BCUT2D eigenvalue weighted by molar-refractivity contribution is -0.224. The maximum Gasteiger partial charge on any atom is 0.0802 e. The molecule has 0 spiro atoms. The summed E-state index contributed by atoms with van der Waals surface area (Å²) in [5, 5.41) is 22.6. The van der Waals surface area contributed by atoms with Crippen molar-refractivity contribution in [2.75, 3.05) is 7.11 Å². The Labute approximate surface area is 210 Å². The fraction of sp³-hybridized carbons (Fsp3) is 0.935. The van der Waals surface area contributed by atoms with E-state index in [-0.39, 0.29) is 22.5 Å². The first-order chi connectivity index (χ1) is 15.6. The van der Waals surface area contributed by atoms with Gasteiger partial charge in [-0.15, -0.1) is 0 Å². The molecule has 0 bridgehead atoms. The van der Waals surface area contributed by atoms with Gasteiger partial charge in [-0.05, 0) is 124 Å². The summed E-state index contributed by atoms with van der Waals surface area (Å²) in [5.41, 5.74) is -0.0349. The van der Waals surface area contributed by atoms with Crippen LogP contribution in [0.2, 0.25) is 0 Å². The summed E-state index contributed by atoms with van der Waals surface area (Å²) in [6.45, 7) is 18.7. The predicted molar refractivity (Wildman–Crippen MR) is 140 cm³/mol. The fourth-order valence-corrected chi connectivity index (χ4v) is 10.3. The Morgan fingerprint density at radius 3 is 2.15 bits per heavy atom. The smallest absolute Gasteiger partial charge is 0.0802 e. The molecule has 0 radical (unpaired) electrons. The number of methoxy groups -OCH3 is 1. The summed E-state index contributed by atoms with van der Waals surface area (Å²) < 4.78 is 5.54. The maximum atomic E-state index is 11.7. The second-order valence-electron chi connectivity index (χ2n) is 15.0. The zero-order chi connectivity index (χ0) is 25.4. The van der Waals surface area contributed by atoms with Gasteiger partial charge in [0.1, 0.15) is 0 Å². The lowest BCUT2D eigenvalue weighted by Crippen LogP contribution is -2.64. The highest BCUT2D eigenvalue weighted by Gasteiger charge is 2.69. The van der Waals surface area contributed by atoms with Crippen LogP contribution in [-0.4, -0.2) is 34.6 Å². The highest BCUT2D eigenvalue weighted by Crippen LogP contribution is 2.75. The predicted octanol–water partition coefficient (Wildman–Crippen LogP) is 7.15. The molecule has 0 aromatic rings. The second-order valence-corrected chi connectivity index (χ2v) is 15.0. The number of hydrogen-bond acceptors (Lipinski definition) is 3. The van der Waals surface area contributed by atoms with Crippen molar-refractivity contribution in [1.82, 2.24) is 0 Å². The van der Waals surface area contributed by atoms with Gasteiger partial charge in [0.15, 0.2) is 0 Å². The first kappa shape index (κ1) is 26.7. The largest absolute Gasteiger partial charge is 0.393 e. The topological polar surface area (TPSA) is 49.7 Å². The van der Waals surface area contributed by atoms with E-state index in [4.69, 9.17) is 4.74 Å². The molecule has 4 fully saturated rings. The highest BCUT2D eigenvalue weighted by molar-refractivity contribution is 5.18. The van der Waals surface area contributed by atoms with Crippen molar-refractivity contribution < 1.29 is 14.9 Å². The van der Waals surface area contributed by atoms with Gasteiger partial charge in [0, 0.05) is 7.11 Å². The summed E-state index contributed by atoms with van der Waals surface area (Å²) >= 11 is 0. The SMILES string of the molecule is COC(C)(C)/C=C/C[C@](C)(O)[C@H]1CC[C@]2(C)[C@@H]1CC[C@@H]1[C@@]3(C)CC[C@@H](O)C(C)(C)[C@@H]3CC[C@]12C. The molecule has 0 aromatic carbocycles. The van der Waals surface area contributed by atoms with Crippen molar-refractivity contribution in [3.8, 4) is 0 Å². The maximum absolute atomic E-state index is 11.7. The Kier molecular flexibility index (Phi) is 6.53. The molecule has 2 N–H and O–H groups in total. The first-order valence-electron chi connectivity index (χ1n) is 14.2. The van der Waals surface area contributed by atoms with E-state index in [0.29, 0.717) is 35.0 Å². The molecule has 0 aromatic heterocycles. The van der Waals surface area contributed by atoms with Gasteiger partial charge in [-0.25, -0.2) is 0 Å². The quantitative estimate of drug-likeness (QED) is 0.416. The molecule has 4 aliphatic rings. The molecule has 0 amide bonds. The molecule has 34 heavy (non-hydrogen) atoms. The van der Waals surface area contributed by atoms with Crippen molar-refractivity contribution in [2.45, 2.75) is 130 Å². The zero-order valence-corrected chi connectivity index (χ0v) is 23.7. The second kappa shape index (κ2) is 8.32. The van der Waals surface area contributed by atoms with Gasteiger partial charge in [-0.2, -0.15) is 0 Å². The monoisotopic (exact) mass is 474 g/mol. The standard InChI is InChI=1S/C31H54O3/c1-26(2,34-9)16-10-17-31(8,33)22-13-19-29(6)21(22)11-12-24-28(5)18-15-25(32)27(3,4)23(28)14-20-30(24,29)7/h10,16,21-25,32-33H,11-15,17-20H2,1-9H3/b16-10+/t21-,22+,23+,24-,25-,28+,29-,30-,31+/m1/s1. The number of hydrogen-bond donors (Lipinski definition) is 2. The van der Waals surface area contributed by atoms with Crippen LogP contribution in [0.25, 0.3) is 0 Å². The van der Waals surface area contributed by atoms with Crippen LogP contribution in [-0.2, 0) is 4.74 Å². The van der Waals surface area contributed by atoms with Gasteiger partial charge in [0.25, 0.3) is 0 Å². The fourth-order valence-electron chi connectivity index (χ4n) is 10.3. The minimum atomic E-state index is -0.677. The number of fused-ring (bicyclic) bond motifs is 5. The van der Waals surface area contributed by atoms with E-state index < -0.39 is 5.60 Å². The Bertz CT molecular complexity index is 796. The van der Waals surface area contributed by atoms with E-state index >= 15 is 0 Å². The zero-order valence-electron chi connectivity index (χ0n) is 23.7. The summed E-state index contributed by atoms with van der Waals surface area (Å²) in [7, 11) is 1.74. The molecule has 0 aliphatic heterocycles. The minimum absolute atomic E-state index is 0.0102. The lowest BCUT2D eigenvalue weighted by atomic mass is 9.35. The molecule has 4 saturated carbocycles. The van der Waals surface area contributed by atoms with E-state index in [0.717, 1.165) is 18.8 Å². The third kappa shape index (κ3) is 3.77. The van der Waals surface area contributed by atoms with Crippen LogP contribution in [0.15, 0.2) is 12.2 Å². The molecule has 9 atom stereocenters. The summed E-state index contributed by atoms with van der Waals surface area (Å²) in [4.78, 5) is 0. The number of rotatable bonds is 5. The first-order valence-corrected chi connectivity index (χ1v) is 14.2. The van der Waals surface area contributed by atoms with Gasteiger partial charge >= 0.3 is 0 Å². The van der Waals surface area contributed by atoms with E-state index in [1.807, 2.05) is 0 Å². The van der Waals surface area contributed by atoms with Crippen LogP contribution in [0.5, 0.6) is 0 Å². The van der Waals surface area contributed by atoms with Crippen molar-refractivity contribution in [3.63, 3.8) is 0 Å². The van der Waals surface area contributed by atoms with Gasteiger partial charge in [0.05, 0.1) is 17.3 Å². The van der Waals surface area contributed by atoms with Crippen molar-refractivity contribution in [3.05, 3.63) is 12.2 Å². The average Bonchev–Trinajstić information content (AvgIpc) is 3.10. The minimum Gasteiger partial charge on any atom is -0.393 e.